The van der Waals surface area contributed by atoms with E-state index in [1.165, 1.54) is 0 Å². The quantitative estimate of drug-likeness (QED) is 0.809. The summed E-state index contributed by atoms with van der Waals surface area (Å²) in [4.78, 5) is 14.9. The molecule has 0 aliphatic carbocycles. The van der Waals surface area contributed by atoms with Crippen LogP contribution in [-0.2, 0) is 10.4 Å². The Morgan fingerprint density at radius 1 is 1.19 bits per heavy atom. The topological polar surface area (TPSA) is 59.0 Å². The number of carbonyl (C=O) groups is 1. The number of halogens is 1. The van der Waals surface area contributed by atoms with Crippen LogP contribution in [0, 0.1) is 0 Å². The van der Waals surface area contributed by atoms with Gasteiger partial charge < -0.3 is 19.5 Å². The van der Waals surface area contributed by atoms with Gasteiger partial charge in [0.25, 0.3) is 5.91 Å². The number of rotatable bonds is 5. The van der Waals surface area contributed by atoms with E-state index >= 15 is 0 Å². The Kier molecular flexibility index (Phi) is 4.29. The van der Waals surface area contributed by atoms with E-state index in [1.54, 1.807) is 35.2 Å². The Morgan fingerprint density at radius 2 is 2.00 bits per heavy atom. The Morgan fingerprint density at radius 3 is 2.81 bits per heavy atom. The van der Waals surface area contributed by atoms with E-state index in [4.69, 9.17) is 21.1 Å². The number of ether oxygens (including phenoxy) is 2. The number of hydrogen-bond donors (Lipinski definition) is 1. The first-order valence-electron chi connectivity index (χ1n) is 8.80. The summed E-state index contributed by atoms with van der Waals surface area (Å²) in [6, 6.07) is 10.4. The van der Waals surface area contributed by atoms with Gasteiger partial charge in [0.05, 0.1) is 5.69 Å². The first-order chi connectivity index (χ1) is 12.6. The highest BCUT2D eigenvalue weighted by molar-refractivity contribution is 6.33. The van der Waals surface area contributed by atoms with Gasteiger partial charge in [-0.25, -0.2) is 0 Å². The molecule has 0 saturated carbocycles. The van der Waals surface area contributed by atoms with Crippen molar-refractivity contribution in [2.45, 2.75) is 31.8 Å². The highest BCUT2D eigenvalue weighted by atomic mass is 35.5. The summed E-state index contributed by atoms with van der Waals surface area (Å²) >= 11 is 6.42. The Balaban J connectivity index is 1.82. The minimum Gasteiger partial charge on any atom is -0.454 e. The molecule has 1 amide bonds. The summed E-state index contributed by atoms with van der Waals surface area (Å²) in [5, 5.41) is 11.9. The maximum Gasteiger partial charge on any atom is 0.268 e. The summed E-state index contributed by atoms with van der Waals surface area (Å²) in [6.07, 6.45) is 2.93. The third kappa shape index (κ3) is 2.46. The third-order valence-corrected chi connectivity index (χ3v) is 5.29. The smallest absolute Gasteiger partial charge is 0.268 e. The second-order valence-electron chi connectivity index (χ2n) is 6.58. The van der Waals surface area contributed by atoms with Crippen molar-refractivity contribution in [1.82, 2.24) is 0 Å². The van der Waals surface area contributed by atoms with Gasteiger partial charge in [0.1, 0.15) is 0 Å². The van der Waals surface area contributed by atoms with Crippen LogP contribution in [0.25, 0.3) is 0 Å². The third-order valence-electron chi connectivity index (χ3n) is 4.97. The summed E-state index contributed by atoms with van der Waals surface area (Å²) in [5.41, 5.74) is -0.305. The van der Waals surface area contributed by atoms with Crippen LogP contribution in [0.15, 0.2) is 36.4 Å². The van der Waals surface area contributed by atoms with Gasteiger partial charge in [-0.1, -0.05) is 43.5 Å². The van der Waals surface area contributed by atoms with E-state index < -0.39 is 5.60 Å². The first-order valence-corrected chi connectivity index (χ1v) is 9.18. The molecule has 136 valence electrons. The number of carbonyl (C=O) groups excluding carboxylic acids is 1. The van der Waals surface area contributed by atoms with Crippen molar-refractivity contribution in [1.29, 1.82) is 0 Å². The molecular formula is C20H20ClNO4. The fraction of sp³-hybridized carbons (Fsp3) is 0.350. The van der Waals surface area contributed by atoms with E-state index in [-0.39, 0.29) is 12.7 Å². The second-order valence-corrected chi connectivity index (χ2v) is 6.98. The number of aliphatic hydroxyl groups is 1. The van der Waals surface area contributed by atoms with Crippen LogP contribution in [0.2, 0.25) is 5.02 Å². The van der Waals surface area contributed by atoms with Crippen LogP contribution in [0.4, 0.5) is 5.69 Å². The van der Waals surface area contributed by atoms with Crippen molar-refractivity contribution >= 4 is 23.2 Å². The van der Waals surface area contributed by atoms with Crippen molar-refractivity contribution in [3.05, 3.63) is 52.5 Å². The molecule has 0 saturated heterocycles. The summed E-state index contributed by atoms with van der Waals surface area (Å²) in [6.45, 7) is 2.79. The van der Waals surface area contributed by atoms with Crippen LogP contribution in [-0.4, -0.2) is 24.4 Å². The largest absolute Gasteiger partial charge is 0.454 e. The van der Waals surface area contributed by atoms with E-state index in [2.05, 4.69) is 6.92 Å². The minimum absolute atomic E-state index is 0.131. The summed E-state index contributed by atoms with van der Waals surface area (Å²) in [5.74, 6) is 0.735. The average Bonchev–Trinajstić information content (AvgIpc) is 3.19. The number of nitrogens with zero attached hydrogens (tertiary/aromatic N) is 1. The van der Waals surface area contributed by atoms with Crippen LogP contribution in [0.1, 0.15) is 37.3 Å². The molecule has 0 radical (unpaired) electrons. The fourth-order valence-electron chi connectivity index (χ4n) is 3.64. The predicted molar refractivity (Wildman–Crippen MR) is 98.9 cm³/mol. The lowest BCUT2D eigenvalue weighted by molar-refractivity contribution is -0.132. The Bertz CT molecular complexity index is 869. The van der Waals surface area contributed by atoms with E-state index in [9.17, 15) is 9.90 Å². The molecule has 1 atom stereocenters. The lowest BCUT2D eigenvalue weighted by Gasteiger charge is -2.24. The molecule has 5 nitrogen and oxygen atoms in total. The van der Waals surface area contributed by atoms with Gasteiger partial charge in [0, 0.05) is 22.7 Å². The van der Waals surface area contributed by atoms with Crippen LogP contribution >= 0.6 is 11.6 Å². The van der Waals surface area contributed by atoms with Gasteiger partial charge in [-0.2, -0.15) is 0 Å². The normalized spacial score (nSPS) is 20.6. The van der Waals surface area contributed by atoms with Crippen molar-refractivity contribution in [3.8, 4) is 11.5 Å². The zero-order valence-electron chi connectivity index (χ0n) is 14.5. The molecule has 1 N–H and O–H groups in total. The van der Waals surface area contributed by atoms with Gasteiger partial charge in [0.15, 0.2) is 17.1 Å². The molecule has 6 heteroatoms. The first kappa shape index (κ1) is 17.2. The molecule has 0 bridgehead atoms. The second kappa shape index (κ2) is 6.49. The van der Waals surface area contributed by atoms with E-state index in [1.807, 2.05) is 6.07 Å². The molecule has 0 spiro atoms. The fourth-order valence-corrected chi connectivity index (χ4v) is 3.95. The van der Waals surface area contributed by atoms with Gasteiger partial charge in [-0.05, 0) is 30.7 Å². The standard InChI is InChI=1S/C20H20ClNO4/c1-2-3-4-10-22-15-7-5-6-14(21)18(15)20(24,19(22)23)13-8-9-16-17(11-13)26-12-25-16/h5-9,11,24H,2-4,10,12H2,1H3. The van der Waals surface area contributed by atoms with Crippen molar-refractivity contribution in [2.24, 2.45) is 0 Å². The van der Waals surface area contributed by atoms with Gasteiger partial charge in [-0.3, -0.25) is 4.79 Å². The van der Waals surface area contributed by atoms with Crippen LogP contribution in [0.3, 0.4) is 0 Å². The molecule has 2 aliphatic rings. The van der Waals surface area contributed by atoms with Gasteiger partial charge in [0.2, 0.25) is 6.79 Å². The molecule has 4 rings (SSSR count). The van der Waals surface area contributed by atoms with Gasteiger partial charge in [-0.15, -0.1) is 0 Å². The lowest BCUT2D eigenvalue weighted by atomic mass is 9.87. The molecule has 2 aromatic carbocycles. The lowest BCUT2D eigenvalue weighted by Crippen LogP contribution is -2.41. The average molecular weight is 374 g/mol. The van der Waals surface area contributed by atoms with E-state index in [0.29, 0.717) is 39.9 Å². The Hall–Kier alpha value is -2.24. The number of hydrogen-bond acceptors (Lipinski definition) is 4. The molecule has 2 aromatic rings. The van der Waals surface area contributed by atoms with E-state index in [0.717, 1.165) is 19.3 Å². The molecule has 0 fully saturated rings. The molecule has 0 aromatic heterocycles. The molecule has 2 heterocycles. The number of benzene rings is 2. The monoisotopic (exact) mass is 373 g/mol. The predicted octanol–water partition coefficient (Wildman–Crippen LogP) is 3.84. The molecular weight excluding hydrogens is 354 g/mol. The molecule has 2 aliphatic heterocycles. The van der Waals surface area contributed by atoms with Crippen LogP contribution < -0.4 is 14.4 Å². The number of amides is 1. The van der Waals surface area contributed by atoms with Crippen molar-refractivity contribution < 1.29 is 19.4 Å². The highest BCUT2D eigenvalue weighted by Gasteiger charge is 2.52. The highest BCUT2D eigenvalue weighted by Crippen LogP contribution is 2.49. The summed E-state index contributed by atoms with van der Waals surface area (Å²) < 4.78 is 10.7. The summed E-state index contributed by atoms with van der Waals surface area (Å²) in [7, 11) is 0. The molecule has 26 heavy (non-hydrogen) atoms. The zero-order chi connectivity index (χ0) is 18.3. The number of unbranched alkanes of at least 4 members (excludes halogenated alkanes) is 2. The zero-order valence-corrected chi connectivity index (χ0v) is 15.3. The maximum atomic E-state index is 13.3. The Labute approximate surface area is 157 Å². The van der Waals surface area contributed by atoms with Gasteiger partial charge >= 0.3 is 0 Å². The molecule has 1 unspecified atom stereocenters. The number of fused-ring (bicyclic) bond motifs is 2. The van der Waals surface area contributed by atoms with Crippen LogP contribution in [0.5, 0.6) is 11.5 Å². The minimum atomic E-state index is -1.83. The maximum absolute atomic E-state index is 13.3. The van der Waals surface area contributed by atoms with Crippen molar-refractivity contribution in [2.75, 3.05) is 18.2 Å². The SMILES string of the molecule is CCCCCN1C(=O)C(O)(c2ccc3c(c2)OCO3)c2c(Cl)cccc21. The van der Waals surface area contributed by atoms with Crippen molar-refractivity contribution in [3.63, 3.8) is 0 Å². The number of anilines is 1.